The largest absolute Gasteiger partial charge is 0.356 e. The van der Waals surface area contributed by atoms with Gasteiger partial charge in [0.05, 0.1) is 6.42 Å². The van der Waals surface area contributed by atoms with Gasteiger partial charge < -0.3 is 10.2 Å². The zero-order valence-electron chi connectivity index (χ0n) is 12.5. The monoisotopic (exact) mass is 286 g/mol. The Morgan fingerprint density at radius 3 is 2.62 bits per heavy atom. The van der Waals surface area contributed by atoms with Crippen LogP contribution in [0.15, 0.2) is 24.3 Å². The number of benzene rings is 1. The summed E-state index contributed by atoms with van der Waals surface area (Å²) in [6.07, 6.45) is 2.99. The van der Waals surface area contributed by atoms with E-state index in [1.165, 1.54) is 5.56 Å². The Labute approximate surface area is 125 Å². The fourth-order valence-electron chi connectivity index (χ4n) is 3.42. The predicted octanol–water partition coefficient (Wildman–Crippen LogP) is 1.67. The molecule has 2 aliphatic rings. The van der Waals surface area contributed by atoms with Crippen LogP contribution in [0.4, 0.5) is 0 Å². The van der Waals surface area contributed by atoms with E-state index < -0.39 is 0 Å². The number of likely N-dealkylation sites (tertiary alicyclic amines) is 1. The summed E-state index contributed by atoms with van der Waals surface area (Å²) >= 11 is 0. The van der Waals surface area contributed by atoms with E-state index in [0.29, 0.717) is 12.8 Å². The normalized spacial score (nSPS) is 20.6. The van der Waals surface area contributed by atoms with Crippen LogP contribution in [0.25, 0.3) is 0 Å². The lowest BCUT2D eigenvalue weighted by atomic mass is 9.77. The number of carbonyl (C=O) groups is 2. The van der Waals surface area contributed by atoms with Gasteiger partial charge in [0.1, 0.15) is 0 Å². The van der Waals surface area contributed by atoms with Gasteiger partial charge in [0.2, 0.25) is 11.8 Å². The van der Waals surface area contributed by atoms with Crippen molar-refractivity contribution < 1.29 is 9.59 Å². The third-order valence-corrected chi connectivity index (χ3v) is 4.98. The lowest BCUT2D eigenvalue weighted by Crippen LogP contribution is -2.44. The van der Waals surface area contributed by atoms with Gasteiger partial charge in [-0.05, 0) is 36.3 Å². The maximum Gasteiger partial charge on any atom is 0.226 e. The van der Waals surface area contributed by atoms with Crippen molar-refractivity contribution in [1.82, 2.24) is 10.2 Å². The van der Waals surface area contributed by atoms with Gasteiger partial charge in [-0.15, -0.1) is 0 Å². The Morgan fingerprint density at radius 1 is 1.29 bits per heavy atom. The molecule has 1 spiro atoms. The molecule has 2 amide bonds. The number of nitrogens with zero attached hydrogens (tertiary/aromatic N) is 1. The number of piperidine rings is 1. The first-order valence-electron chi connectivity index (χ1n) is 7.67. The van der Waals surface area contributed by atoms with Crippen LogP contribution >= 0.6 is 0 Å². The molecule has 1 aromatic carbocycles. The molecule has 2 saturated heterocycles. The van der Waals surface area contributed by atoms with E-state index in [1.54, 1.807) is 0 Å². The number of rotatable bonds is 2. The van der Waals surface area contributed by atoms with Crippen LogP contribution in [-0.4, -0.2) is 36.3 Å². The first-order chi connectivity index (χ1) is 10.1. The second-order valence-corrected chi connectivity index (χ2v) is 6.44. The summed E-state index contributed by atoms with van der Waals surface area (Å²) in [5.41, 5.74) is 2.39. The molecule has 2 aliphatic heterocycles. The van der Waals surface area contributed by atoms with Crippen LogP contribution in [-0.2, 0) is 16.0 Å². The highest BCUT2D eigenvalue weighted by Crippen LogP contribution is 2.37. The van der Waals surface area contributed by atoms with Gasteiger partial charge in [-0.3, -0.25) is 9.59 Å². The molecule has 0 bridgehead atoms. The lowest BCUT2D eigenvalue weighted by Gasteiger charge is -2.38. The molecule has 0 aliphatic carbocycles. The number of amides is 2. The highest BCUT2D eigenvalue weighted by Gasteiger charge is 2.41. The van der Waals surface area contributed by atoms with Crippen molar-refractivity contribution in [2.45, 2.75) is 32.6 Å². The van der Waals surface area contributed by atoms with E-state index in [1.807, 2.05) is 36.1 Å². The van der Waals surface area contributed by atoms with Crippen molar-refractivity contribution in [3.05, 3.63) is 35.4 Å². The minimum Gasteiger partial charge on any atom is -0.356 e. The zero-order valence-corrected chi connectivity index (χ0v) is 12.5. The molecule has 2 heterocycles. The van der Waals surface area contributed by atoms with Crippen molar-refractivity contribution in [1.29, 1.82) is 0 Å². The van der Waals surface area contributed by atoms with E-state index in [0.717, 1.165) is 38.0 Å². The van der Waals surface area contributed by atoms with Crippen LogP contribution in [0.3, 0.4) is 0 Å². The Morgan fingerprint density at radius 2 is 2.00 bits per heavy atom. The molecule has 21 heavy (non-hydrogen) atoms. The van der Waals surface area contributed by atoms with Crippen LogP contribution in [0.1, 0.15) is 30.4 Å². The number of aryl methyl sites for hydroxylation is 1. The quantitative estimate of drug-likeness (QED) is 0.899. The number of nitrogens with one attached hydrogen (secondary N) is 1. The first kappa shape index (κ1) is 14.1. The van der Waals surface area contributed by atoms with Crippen LogP contribution in [0.2, 0.25) is 0 Å². The standard InChI is InChI=1S/C17H22N2O2/c1-13-4-2-3-5-14(13)10-16(21)19-8-6-17(7-9-19)11-15(20)18-12-17/h2-5H,6-12H2,1H3,(H,18,20). The summed E-state index contributed by atoms with van der Waals surface area (Å²) in [4.78, 5) is 25.8. The molecule has 2 fully saturated rings. The predicted molar refractivity (Wildman–Crippen MR) is 80.8 cm³/mol. The SMILES string of the molecule is Cc1ccccc1CC(=O)N1CCC2(CC1)CNC(=O)C2. The average molecular weight is 286 g/mol. The van der Waals surface area contributed by atoms with Gasteiger partial charge in [-0.25, -0.2) is 0 Å². The van der Waals surface area contributed by atoms with E-state index in [4.69, 9.17) is 0 Å². The number of hydrogen-bond donors (Lipinski definition) is 1. The van der Waals surface area contributed by atoms with E-state index >= 15 is 0 Å². The van der Waals surface area contributed by atoms with Gasteiger partial charge in [0, 0.05) is 26.1 Å². The second kappa shape index (κ2) is 5.51. The third kappa shape index (κ3) is 2.94. The topological polar surface area (TPSA) is 49.4 Å². The van der Waals surface area contributed by atoms with Gasteiger partial charge in [-0.2, -0.15) is 0 Å². The van der Waals surface area contributed by atoms with E-state index in [2.05, 4.69) is 5.32 Å². The maximum absolute atomic E-state index is 12.4. The highest BCUT2D eigenvalue weighted by molar-refractivity contribution is 5.80. The molecule has 0 atom stereocenters. The molecule has 112 valence electrons. The van der Waals surface area contributed by atoms with Crippen molar-refractivity contribution in [2.75, 3.05) is 19.6 Å². The summed E-state index contributed by atoms with van der Waals surface area (Å²) in [6, 6.07) is 8.05. The molecular formula is C17H22N2O2. The fourth-order valence-corrected chi connectivity index (χ4v) is 3.42. The van der Waals surface area contributed by atoms with Gasteiger partial charge in [0.25, 0.3) is 0 Å². The highest BCUT2D eigenvalue weighted by atomic mass is 16.2. The summed E-state index contributed by atoms with van der Waals surface area (Å²) in [5, 5.41) is 2.93. The van der Waals surface area contributed by atoms with Crippen molar-refractivity contribution in [3.8, 4) is 0 Å². The Hall–Kier alpha value is -1.84. The maximum atomic E-state index is 12.4. The average Bonchev–Trinajstić information content (AvgIpc) is 2.83. The molecule has 1 aromatic rings. The molecule has 4 nitrogen and oxygen atoms in total. The molecule has 0 aromatic heterocycles. The van der Waals surface area contributed by atoms with Crippen LogP contribution in [0.5, 0.6) is 0 Å². The summed E-state index contributed by atoms with van der Waals surface area (Å²) in [5.74, 6) is 0.367. The second-order valence-electron chi connectivity index (χ2n) is 6.44. The van der Waals surface area contributed by atoms with Crippen molar-refractivity contribution in [2.24, 2.45) is 5.41 Å². The van der Waals surface area contributed by atoms with Gasteiger partial charge in [0.15, 0.2) is 0 Å². The molecule has 0 radical (unpaired) electrons. The van der Waals surface area contributed by atoms with Gasteiger partial charge in [-0.1, -0.05) is 24.3 Å². The minimum absolute atomic E-state index is 0.108. The number of carbonyl (C=O) groups excluding carboxylic acids is 2. The molecule has 0 unspecified atom stereocenters. The summed E-state index contributed by atoms with van der Waals surface area (Å²) in [6.45, 7) is 4.38. The smallest absolute Gasteiger partial charge is 0.226 e. The Bertz CT molecular complexity index is 560. The zero-order chi connectivity index (χ0) is 14.9. The van der Waals surface area contributed by atoms with E-state index in [-0.39, 0.29) is 17.2 Å². The fraction of sp³-hybridized carbons (Fsp3) is 0.529. The molecule has 0 saturated carbocycles. The van der Waals surface area contributed by atoms with Crippen LogP contribution < -0.4 is 5.32 Å². The van der Waals surface area contributed by atoms with Crippen molar-refractivity contribution >= 4 is 11.8 Å². The Kier molecular flexibility index (Phi) is 3.70. The van der Waals surface area contributed by atoms with Gasteiger partial charge >= 0.3 is 0 Å². The Balaban J connectivity index is 1.58. The van der Waals surface area contributed by atoms with E-state index in [9.17, 15) is 9.59 Å². The first-order valence-corrected chi connectivity index (χ1v) is 7.67. The van der Waals surface area contributed by atoms with Crippen LogP contribution in [0, 0.1) is 12.3 Å². The molecule has 1 N–H and O–H groups in total. The summed E-state index contributed by atoms with van der Waals surface area (Å²) < 4.78 is 0. The summed E-state index contributed by atoms with van der Waals surface area (Å²) in [7, 11) is 0. The van der Waals surface area contributed by atoms with Crippen molar-refractivity contribution in [3.63, 3.8) is 0 Å². The molecule has 4 heteroatoms. The number of hydrogen-bond acceptors (Lipinski definition) is 2. The molecular weight excluding hydrogens is 264 g/mol. The molecule has 3 rings (SSSR count). The third-order valence-electron chi connectivity index (χ3n) is 4.98. The minimum atomic E-state index is 0.108. The lowest BCUT2D eigenvalue weighted by molar-refractivity contribution is -0.132.